The predicted molar refractivity (Wildman–Crippen MR) is 138 cm³/mol. The number of pyridine rings is 2. The summed E-state index contributed by atoms with van der Waals surface area (Å²) in [5, 5.41) is 14.9. The quantitative estimate of drug-likeness (QED) is 0.266. The zero-order chi connectivity index (χ0) is 26.2. The van der Waals surface area contributed by atoms with Crippen LogP contribution < -0.4 is 10.9 Å². The molecule has 0 saturated carbocycles. The molecule has 0 saturated heterocycles. The fourth-order valence-electron chi connectivity index (χ4n) is 5.98. The summed E-state index contributed by atoms with van der Waals surface area (Å²) in [5.74, 6) is -1.45. The van der Waals surface area contributed by atoms with E-state index in [-0.39, 0.29) is 60.6 Å². The van der Waals surface area contributed by atoms with Crippen molar-refractivity contribution in [2.75, 3.05) is 6.61 Å². The second-order valence-corrected chi connectivity index (χ2v) is 10.3. The molecule has 6 rings (SSSR count). The molecule has 4 heterocycles. The van der Waals surface area contributed by atoms with Crippen molar-refractivity contribution in [2.45, 2.75) is 57.9 Å². The fourth-order valence-corrected chi connectivity index (χ4v) is 6.27. The van der Waals surface area contributed by atoms with E-state index in [1.807, 2.05) is 0 Å². The number of halogens is 2. The monoisotopic (exact) mass is 619 g/mol. The standard InChI is InChI=1S/C26H23FIN3O6/c1-3-26(35)15-6-19-23-13(8-31(19)24(33)14(15)9-36-25(26)34)22-17(29-20(32)10-37-28)5-4-12-11(2)16(27)7-18(30-23)21(12)22/h6-7,17,35H,3-5,8-10H2,1-2H3,(H,29,32)/t17-,26-/m0/s1. The molecule has 9 nitrogen and oxygen atoms in total. The SMILES string of the molecule is CC[C@@]1(O)C(=O)OCc2c1cc1n(c2=O)Cc2c-1nc1cc(F)c(C)c3c1c2[C@@H](NC(=O)COI)CC3. The number of carbonyl (C=O) groups is 2. The van der Waals surface area contributed by atoms with Gasteiger partial charge in [0.15, 0.2) is 5.60 Å². The summed E-state index contributed by atoms with van der Waals surface area (Å²) in [4.78, 5) is 43.4. The molecule has 192 valence electrons. The first-order chi connectivity index (χ1) is 17.7. The number of hydrogen-bond donors (Lipinski definition) is 2. The van der Waals surface area contributed by atoms with Crippen LogP contribution in [0.15, 0.2) is 16.9 Å². The van der Waals surface area contributed by atoms with Crippen LogP contribution >= 0.6 is 23.0 Å². The lowest BCUT2D eigenvalue weighted by Gasteiger charge is -2.31. The van der Waals surface area contributed by atoms with Gasteiger partial charge < -0.3 is 22.8 Å². The Morgan fingerprint density at radius 3 is 2.86 bits per heavy atom. The van der Waals surface area contributed by atoms with Crippen LogP contribution in [0.4, 0.5) is 4.39 Å². The maximum absolute atomic E-state index is 14.9. The van der Waals surface area contributed by atoms with Gasteiger partial charge in [0, 0.05) is 22.6 Å². The lowest BCUT2D eigenvalue weighted by Crippen LogP contribution is -2.44. The molecule has 2 aliphatic heterocycles. The molecule has 1 aliphatic carbocycles. The van der Waals surface area contributed by atoms with E-state index in [2.05, 4.69) is 5.32 Å². The molecule has 0 bridgehead atoms. The number of ether oxygens (including phenoxy) is 1. The predicted octanol–water partition coefficient (Wildman–Crippen LogP) is 3.00. The molecule has 2 N–H and O–H groups in total. The Kier molecular flexibility index (Phi) is 5.66. The van der Waals surface area contributed by atoms with Crippen molar-refractivity contribution in [3.63, 3.8) is 0 Å². The number of fused-ring (bicyclic) bond motifs is 5. The Bertz CT molecular complexity index is 1600. The van der Waals surface area contributed by atoms with Gasteiger partial charge in [0.2, 0.25) is 5.91 Å². The lowest BCUT2D eigenvalue weighted by atomic mass is 9.81. The van der Waals surface area contributed by atoms with E-state index < -0.39 is 11.6 Å². The van der Waals surface area contributed by atoms with Crippen LogP contribution in [0.2, 0.25) is 0 Å². The number of amides is 1. The van der Waals surface area contributed by atoms with Gasteiger partial charge in [-0.1, -0.05) is 6.92 Å². The van der Waals surface area contributed by atoms with Gasteiger partial charge in [-0.2, -0.15) is 0 Å². The van der Waals surface area contributed by atoms with E-state index >= 15 is 0 Å². The van der Waals surface area contributed by atoms with E-state index in [1.165, 1.54) is 6.07 Å². The average molecular weight is 619 g/mol. The maximum atomic E-state index is 14.9. The van der Waals surface area contributed by atoms with Crippen molar-refractivity contribution < 1.29 is 26.9 Å². The summed E-state index contributed by atoms with van der Waals surface area (Å²) >= 11 is 1.66. The van der Waals surface area contributed by atoms with Crippen LogP contribution in [-0.4, -0.2) is 33.1 Å². The summed E-state index contributed by atoms with van der Waals surface area (Å²) in [7, 11) is 0. The average Bonchev–Trinajstić information content (AvgIpc) is 3.24. The molecule has 37 heavy (non-hydrogen) atoms. The van der Waals surface area contributed by atoms with Crippen molar-refractivity contribution in [1.82, 2.24) is 14.9 Å². The summed E-state index contributed by atoms with van der Waals surface area (Å²) in [6.07, 6.45) is 1.15. The fraction of sp³-hybridized carbons (Fsp3) is 0.385. The van der Waals surface area contributed by atoms with Crippen LogP contribution in [0, 0.1) is 12.7 Å². The summed E-state index contributed by atoms with van der Waals surface area (Å²) < 4.78 is 26.6. The van der Waals surface area contributed by atoms with Gasteiger partial charge in [0.1, 0.15) is 42.0 Å². The van der Waals surface area contributed by atoms with E-state index in [0.29, 0.717) is 35.3 Å². The first-order valence-electron chi connectivity index (χ1n) is 12.0. The van der Waals surface area contributed by atoms with Gasteiger partial charge in [0.05, 0.1) is 35.1 Å². The zero-order valence-electron chi connectivity index (χ0n) is 20.1. The molecule has 11 heteroatoms. The normalized spacial score (nSPS) is 21.3. The molecule has 0 spiro atoms. The molecule has 1 aromatic carbocycles. The Labute approximate surface area is 224 Å². The number of aliphatic hydroxyl groups is 1. The maximum Gasteiger partial charge on any atom is 0.343 e. The third-order valence-corrected chi connectivity index (χ3v) is 8.21. The van der Waals surface area contributed by atoms with Crippen LogP contribution in [0.1, 0.15) is 59.2 Å². The van der Waals surface area contributed by atoms with E-state index in [4.69, 9.17) is 12.8 Å². The summed E-state index contributed by atoms with van der Waals surface area (Å²) in [6.45, 7) is 3.24. The molecule has 3 aliphatic rings. The Hall–Kier alpha value is -2.90. The van der Waals surface area contributed by atoms with Crippen molar-refractivity contribution in [2.24, 2.45) is 0 Å². The molecular weight excluding hydrogens is 596 g/mol. The molecule has 1 amide bonds. The highest BCUT2D eigenvalue weighted by Gasteiger charge is 2.46. The number of nitrogens with zero attached hydrogens (tertiary/aromatic N) is 2. The second kappa shape index (κ2) is 8.57. The minimum Gasteiger partial charge on any atom is -0.458 e. The smallest absolute Gasteiger partial charge is 0.343 e. The van der Waals surface area contributed by atoms with Crippen molar-refractivity contribution in [3.8, 4) is 11.4 Å². The van der Waals surface area contributed by atoms with E-state index in [0.717, 1.165) is 22.1 Å². The van der Waals surface area contributed by atoms with E-state index in [1.54, 1.807) is 47.5 Å². The zero-order valence-corrected chi connectivity index (χ0v) is 22.3. The number of cyclic esters (lactones) is 1. The van der Waals surface area contributed by atoms with Crippen molar-refractivity contribution in [1.29, 1.82) is 0 Å². The second-order valence-electron chi connectivity index (χ2n) is 9.72. The van der Waals surface area contributed by atoms with Crippen molar-refractivity contribution in [3.05, 3.63) is 61.7 Å². The number of rotatable bonds is 4. The molecule has 0 radical (unpaired) electrons. The van der Waals surface area contributed by atoms with Gasteiger partial charge in [0.25, 0.3) is 5.56 Å². The lowest BCUT2D eigenvalue weighted by molar-refractivity contribution is -0.172. The highest BCUT2D eigenvalue weighted by Crippen LogP contribution is 2.45. The number of benzene rings is 1. The van der Waals surface area contributed by atoms with Gasteiger partial charge in [-0.05, 0) is 48.9 Å². The van der Waals surface area contributed by atoms with Gasteiger partial charge >= 0.3 is 5.97 Å². The molecule has 0 unspecified atom stereocenters. The van der Waals surface area contributed by atoms with E-state index in [9.17, 15) is 23.9 Å². The highest BCUT2D eigenvalue weighted by atomic mass is 127. The number of hydrogen-bond acceptors (Lipinski definition) is 7. The summed E-state index contributed by atoms with van der Waals surface area (Å²) in [6, 6.07) is 2.63. The van der Waals surface area contributed by atoms with Crippen LogP contribution in [0.5, 0.6) is 0 Å². The Balaban J connectivity index is 1.63. The van der Waals surface area contributed by atoms with Gasteiger partial charge in [-0.3, -0.25) is 9.59 Å². The first-order valence-corrected chi connectivity index (χ1v) is 12.9. The van der Waals surface area contributed by atoms with Crippen LogP contribution in [-0.2, 0) is 42.6 Å². The largest absolute Gasteiger partial charge is 0.458 e. The van der Waals surface area contributed by atoms with Crippen molar-refractivity contribution >= 4 is 45.8 Å². The Morgan fingerprint density at radius 2 is 2.14 bits per heavy atom. The minimum absolute atomic E-state index is 0.0336. The molecule has 3 aromatic rings. The highest BCUT2D eigenvalue weighted by molar-refractivity contribution is 14.1. The van der Waals surface area contributed by atoms with Crippen LogP contribution in [0.25, 0.3) is 22.3 Å². The third-order valence-electron chi connectivity index (χ3n) is 7.90. The molecule has 2 atom stereocenters. The molecule has 0 fully saturated rings. The Morgan fingerprint density at radius 1 is 1.35 bits per heavy atom. The molecule has 2 aromatic heterocycles. The third kappa shape index (κ3) is 3.40. The number of carbonyl (C=O) groups excluding carboxylic acids is 2. The summed E-state index contributed by atoms with van der Waals surface area (Å²) in [5.41, 5.74) is 2.42. The number of aromatic nitrogens is 2. The number of nitrogens with one attached hydrogen (secondary N) is 1. The number of aryl methyl sites for hydroxylation is 1. The molecular formula is C26H23FIN3O6. The first kappa shape index (κ1) is 24.4. The minimum atomic E-state index is -1.94. The van der Waals surface area contributed by atoms with Gasteiger partial charge in [-0.15, -0.1) is 0 Å². The number of esters is 1. The van der Waals surface area contributed by atoms with Gasteiger partial charge in [-0.25, -0.2) is 14.2 Å². The van der Waals surface area contributed by atoms with Crippen LogP contribution in [0.3, 0.4) is 0 Å². The topological polar surface area (TPSA) is 120 Å².